The van der Waals surface area contributed by atoms with E-state index in [0.717, 1.165) is 16.9 Å². The standard InChI is InChI=1S/C24H27NO5/c1-28-22-9-5-8-18(10-22)11-23(26)19-12-20-15-29-16-21(13-19)25(20)24(27)30-14-17-6-3-2-4-7-17/h2-10,19-21H,11-16H2,1H3. The van der Waals surface area contributed by atoms with Gasteiger partial charge in [-0.2, -0.15) is 0 Å². The Hall–Kier alpha value is -2.86. The molecular formula is C24H27NO5. The molecule has 2 aliphatic rings. The van der Waals surface area contributed by atoms with Gasteiger partial charge >= 0.3 is 6.09 Å². The third-order valence-corrected chi connectivity index (χ3v) is 5.90. The van der Waals surface area contributed by atoms with Crippen LogP contribution < -0.4 is 4.74 Å². The fraction of sp³-hybridized carbons (Fsp3) is 0.417. The normalized spacial score (nSPS) is 23.0. The minimum absolute atomic E-state index is 0.0757. The van der Waals surface area contributed by atoms with Crippen molar-refractivity contribution >= 4 is 11.9 Å². The van der Waals surface area contributed by atoms with Crippen LogP contribution in [0.25, 0.3) is 0 Å². The van der Waals surface area contributed by atoms with Gasteiger partial charge in [-0.05, 0) is 36.1 Å². The molecule has 4 rings (SSSR count). The number of carbonyl (C=O) groups is 2. The zero-order chi connectivity index (χ0) is 20.9. The van der Waals surface area contributed by atoms with Crippen LogP contribution in [0.2, 0.25) is 0 Å². The number of Topliss-reactive ketones (excluding diaryl/α,β-unsaturated/α-hetero) is 1. The van der Waals surface area contributed by atoms with E-state index in [4.69, 9.17) is 14.2 Å². The summed E-state index contributed by atoms with van der Waals surface area (Å²) in [5, 5.41) is 0. The summed E-state index contributed by atoms with van der Waals surface area (Å²) >= 11 is 0. The van der Waals surface area contributed by atoms with Crippen molar-refractivity contribution in [1.82, 2.24) is 4.90 Å². The van der Waals surface area contributed by atoms with Crippen LogP contribution in [0.1, 0.15) is 24.0 Å². The van der Waals surface area contributed by atoms with E-state index in [1.165, 1.54) is 0 Å². The summed E-state index contributed by atoms with van der Waals surface area (Å²) in [6, 6.07) is 17.0. The summed E-state index contributed by atoms with van der Waals surface area (Å²) in [6.07, 6.45) is 1.27. The average Bonchev–Trinajstić information content (AvgIpc) is 2.77. The van der Waals surface area contributed by atoms with Gasteiger partial charge in [-0.15, -0.1) is 0 Å². The number of rotatable bonds is 6. The maximum absolute atomic E-state index is 13.0. The molecule has 6 nitrogen and oxygen atoms in total. The largest absolute Gasteiger partial charge is 0.497 e. The first-order valence-corrected chi connectivity index (χ1v) is 10.4. The molecule has 0 aromatic heterocycles. The summed E-state index contributed by atoms with van der Waals surface area (Å²) in [7, 11) is 1.62. The predicted molar refractivity (Wildman–Crippen MR) is 111 cm³/mol. The van der Waals surface area contributed by atoms with Crippen LogP contribution >= 0.6 is 0 Å². The maximum Gasteiger partial charge on any atom is 0.410 e. The monoisotopic (exact) mass is 409 g/mol. The zero-order valence-corrected chi connectivity index (χ0v) is 17.2. The number of amides is 1. The lowest BCUT2D eigenvalue weighted by molar-refractivity contribution is -0.130. The Morgan fingerprint density at radius 1 is 1.00 bits per heavy atom. The highest BCUT2D eigenvalue weighted by Gasteiger charge is 2.44. The van der Waals surface area contributed by atoms with Crippen molar-refractivity contribution in [2.24, 2.45) is 5.92 Å². The van der Waals surface area contributed by atoms with Gasteiger partial charge in [0.2, 0.25) is 0 Å². The van der Waals surface area contributed by atoms with Crippen LogP contribution in [-0.2, 0) is 27.3 Å². The van der Waals surface area contributed by atoms with Gasteiger partial charge in [-0.25, -0.2) is 4.79 Å². The number of piperidine rings is 1. The Morgan fingerprint density at radius 3 is 2.40 bits per heavy atom. The molecule has 1 amide bonds. The number of carbonyl (C=O) groups excluding carboxylic acids is 2. The molecule has 2 aromatic carbocycles. The average molecular weight is 409 g/mol. The fourth-order valence-corrected chi connectivity index (χ4v) is 4.40. The SMILES string of the molecule is COc1cccc(CC(=O)C2CC3COCC(C2)N3C(=O)OCc2ccccc2)c1. The van der Waals surface area contributed by atoms with Crippen molar-refractivity contribution in [3.05, 3.63) is 65.7 Å². The van der Waals surface area contributed by atoms with E-state index >= 15 is 0 Å². The van der Waals surface area contributed by atoms with Crippen LogP contribution in [0.4, 0.5) is 4.79 Å². The number of ether oxygens (including phenoxy) is 3. The molecule has 2 atom stereocenters. The number of benzene rings is 2. The van der Waals surface area contributed by atoms with Gasteiger partial charge in [-0.1, -0.05) is 42.5 Å². The molecule has 30 heavy (non-hydrogen) atoms. The molecule has 0 spiro atoms. The highest BCUT2D eigenvalue weighted by atomic mass is 16.6. The van der Waals surface area contributed by atoms with Crippen molar-refractivity contribution in [2.75, 3.05) is 20.3 Å². The van der Waals surface area contributed by atoms with Crippen molar-refractivity contribution in [1.29, 1.82) is 0 Å². The van der Waals surface area contributed by atoms with E-state index in [-0.39, 0.29) is 36.5 Å². The third-order valence-electron chi connectivity index (χ3n) is 5.90. The van der Waals surface area contributed by atoms with Gasteiger partial charge in [0, 0.05) is 12.3 Å². The molecule has 2 unspecified atom stereocenters. The van der Waals surface area contributed by atoms with Crippen molar-refractivity contribution < 1.29 is 23.8 Å². The van der Waals surface area contributed by atoms with E-state index in [1.807, 2.05) is 54.6 Å². The summed E-state index contributed by atoms with van der Waals surface area (Å²) in [4.78, 5) is 27.5. The third kappa shape index (κ3) is 4.65. The molecule has 158 valence electrons. The molecule has 2 aromatic rings. The Bertz CT molecular complexity index is 870. The number of hydrogen-bond acceptors (Lipinski definition) is 5. The molecule has 0 saturated carbocycles. The molecule has 0 N–H and O–H groups in total. The second-order valence-electron chi connectivity index (χ2n) is 7.96. The second kappa shape index (κ2) is 9.30. The molecule has 2 fully saturated rings. The first kappa shape index (κ1) is 20.4. The van der Waals surface area contributed by atoms with E-state index in [0.29, 0.717) is 32.5 Å². The highest BCUT2D eigenvalue weighted by molar-refractivity contribution is 5.84. The Kier molecular flexibility index (Phi) is 6.33. The van der Waals surface area contributed by atoms with Gasteiger partial charge < -0.3 is 14.2 Å². The van der Waals surface area contributed by atoms with Crippen LogP contribution in [0.15, 0.2) is 54.6 Å². The lowest BCUT2D eigenvalue weighted by atomic mass is 9.81. The zero-order valence-electron chi connectivity index (χ0n) is 17.2. The predicted octanol–water partition coefficient (Wildman–Crippen LogP) is 3.62. The Balaban J connectivity index is 1.37. The van der Waals surface area contributed by atoms with E-state index in [2.05, 4.69) is 0 Å². The Labute approximate surface area is 176 Å². The quantitative estimate of drug-likeness (QED) is 0.729. The summed E-state index contributed by atoms with van der Waals surface area (Å²) in [6.45, 7) is 1.13. The minimum atomic E-state index is -0.323. The second-order valence-corrected chi connectivity index (χ2v) is 7.96. The van der Waals surface area contributed by atoms with Crippen LogP contribution in [0.3, 0.4) is 0 Å². The van der Waals surface area contributed by atoms with Gasteiger partial charge in [0.1, 0.15) is 18.1 Å². The topological polar surface area (TPSA) is 65.1 Å². The molecule has 2 bridgehead atoms. The van der Waals surface area contributed by atoms with Crippen molar-refractivity contribution in [2.45, 2.75) is 38.0 Å². The maximum atomic E-state index is 13.0. The fourth-order valence-electron chi connectivity index (χ4n) is 4.40. The van der Waals surface area contributed by atoms with E-state index in [9.17, 15) is 9.59 Å². The molecule has 0 radical (unpaired) electrons. The first-order chi connectivity index (χ1) is 14.6. The van der Waals surface area contributed by atoms with E-state index < -0.39 is 0 Å². The van der Waals surface area contributed by atoms with E-state index in [1.54, 1.807) is 12.0 Å². The molecule has 2 aliphatic heterocycles. The van der Waals surface area contributed by atoms with Crippen LogP contribution in [0.5, 0.6) is 5.75 Å². The van der Waals surface area contributed by atoms with Gasteiger partial charge in [-0.3, -0.25) is 9.69 Å². The minimum Gasteiger partial charge on any atom is -0.497 e. The number of methoxy groups -OCH3 is 1. The van der Waals surface area contributed by atoms with Crippen molar-refractivity contribution in [3.8, 4) is 5.75 Å². The number of hydrogen-bond donors (Lipinski definition) is 0. The number of ketones is 1. The lowest BCUT2D eigenvalue weighted by Crippen LogP contribution is -2.60. The Morgan fingerprint density at radius 2 is 1.70 bits per heavy atom. The molecule has 0 aliphatic carbocycles. The van der Waals surface area contributed by atoms with Gasteiger partial charge in [0.15, 0.2) is 0 Å². The lowest BCUT2D eigenvalue weighted by Gasteiger charge is -2.47. The van der Waals surface area contributed by atoms with Crippen molar-refractivity contribution in [3.63, 3.8) is 0 Å². The summed E-state index contributed by atoms with van der Waals surface area (Å²) in [5.41, 5.74) is 1.90. The summed E-state index contributed by atoms with van der Waals surface area (Å²) < 4.78 is 16.5. The number of morpholine rings is 1. The van der Waals surface area contributed by atoms with Gasteiger partial charge in [0.05, 0.1) is 32.4 Å². The molecule has 2 heterocycles. The molecular weight excluding hydrogens is 382 g/mol. The van der Waals surface area contributed by atoms with Gasteiger partial charge in [0.25, 0.3) is 0 Å². The van der Waals surface area contributed by atoms with Crippen LogP contribution in [-0.4, -0.2) is 49.2 Å². The highest BCUT2D eigenvalue weighted by Crippen LogP contribution is 2.33. The number of fused-ring (bicyclic) bond motifs is 2. The van der Waals surface area contributed by atoms with Crippen LogP contribution in [0, 0.1) is 5.92 Å². The smallest absolute Gasteiger partial charge is 0.410 e. The molecule has 2 saturated heterocycles. The first-order valence-electron chi connectivity index (χ1n) is 10.4. The molecule has 6 heteroatoms. The number of nitrogens with zero attached hydrogens (tertiary/aromatic N) is 1. The summed E-state index contributed by atoms with van der Waals surface area (Å²) in [5.74, 6) is 0.882.